The Morgan fingerprint density at radius 1 is 1.14 bits per heavy atom. The normalized spacial score (nSPS) is 15.1. The summed E-state index contributed by atoms with van der Waals surface area (Å²) in [5.74, 6) is 0.193. The molecule has 0 spiro atoms. The summed E-state index contributed by atoms with van der Waals surface area (Å²) in [7, 11) is 1.89. The van der Waals surface area contributed by atoms with Gasteiger partial charge in [-0.15, -0.1) is 11.3 Å². The molecule has 0 bridgehead atoms. The van der Waals surface area contributed by atoms with E-state index in [0.29, 0.717) is 13.1 Å². The van der Waals surface area contributed by atoms with Crippen LogP contribution in [0.5, 0.6) is 0 Å². The Bertz CT molecular complexity index is 929. The summed E-state index contributed by atoms with van der Waals surface area (Å²) in [5.41, 5.74) is 3.65. The molecule has 5 nitrogen and oxygen atoms in total. The lowest BCUT2D eigenvalue weighted by atomic mass is 10.1. The molecule has 1 N–H and O–H groups in total. The van der Waals surface area contributed by atoms with Crippen LogP contribution >= 0.6 is 11.3 Å². The van der Waals surface area contributed by atoms with Gasteiger partial charge in [-0.2, -0.15) is 0 Å². The van der Waals surface area contributed by atoms with Gasteiger partial charge in [0.1, 0.15) is 5.01 Å². The van der Waals surface area contributed by atoms with Crippen LogP contribution in [0.2, 0.25) is 0 Å². The van der Waals surface area contributed by atoms with Gasteiger partial charge in [0.05, 0.1) is 42.9 Å². The van der Waals surface area contributed by atoms with E-state index in [2.05, 4.69) is 47.1 Å². The van der Waals surface area contributed by atoms with Gasteiger partial charge in [-0.3, -0.25) is 4.79 Å². The number of aryl methyl sites for hydroxylation is 1. The molecule has 0 aliphatic carbocycles. The molecule has 2 aromatic carbocycles. The Labute approximate surface area is 170 Å². The summed E-state index contributed by atoms with van der Waals surface area (Å²) in [6.07, 6.45) is 0. The molecule has 28 heavy (non-hydrogen) atoms. The van der Waals surface area contributed by atoms with Crippen molar-refractivity contribution in [2.45, 2.75) is 13.5 Å². The van der Waals surface area contributed by atoms with Gasteiger partial charge in [-0.05, 0) is 30.7 Å². The minimum Gasteiger partial charge on any atom is -0.360 e. The fourth-order valence-electron chi connectivity index (χ4n) is 3.79. The Morgan fingerprint density at radius 2 is 1.86 bits per heavy atom. The lowest BCUT2D eigenvalue weighted by Gasteiger charge is -2.34. The number of likely N-dealkylation sites (N-methyl/N-ethyl adjacent to an activating group) is 1. The van der Waals surface area contributed by atoms with Gasteiger partial charge in [0.25, 0.3) is 5.91 Å². The van der Waals surface area contributed by atoms with Crippen LogP contribution in [-0.4, -0.2) is 55.6 Å². The first kappa shape index (κ1) is 18.9. The van der Waals surface area contributed by atoms with E-state index in [1.54, 1.807) is 11.3 Å². The van der Waals surface area contributed by atoms with E-state index in [4.69, 9.17) is 0 Å². The first-order valence-electron chi connectivity index (χ1n) is 9.83. The van der Waals surface area contributed by atoms with E-state index >= 15 is 0 Å². The fourth-order valence-corrected chi connectivity index (χ4v) is 4.81. The number of carbonyl (C=O) groups is 1. The van der Waals surface area contributed by atoms with Crippen LogP contribution in [0.25, 0.3) is 10.2 Å². The Hall–Kier alpha value is -2.44. The predicted molar refractivity (Wildman–Crippen MR) is 115 cm³/mol. The second kappa shape index (κ2) is 8.29. The van der Waals surface area contributed by atoms with Crippen LogP contribution in [0, 0.1) is 6.92 Å². The highest BCUT2D eigenvalue weighted by Gasteiger charge is 2.24. The third-order valence-electron chi connectivity index (χ3n) is 5.46. The summed E-state index contributed by atoms with van der Waals surface area (Å²) in [5, 5.41) is 0.997. The number of hydrogen-bond acceptors (Lipinski definition) is 4. The number of carbonyl (C=O) groups excluding carboxylic acids is 1. The smallest absolute Gasteiger partial charge is 0.277 e. The topological polar surface area (TPSA) is 40.9 Å². The largest absolute Gasteiger partial charge is 0.360 e. The van der Waals surface area contributed by atoms with Crippen molar-refractivity contribution in [3.63, 3.8) is 0 Å². The summed E-state index contributed by atoms with van der Waals surface area (Å²) < 4.78 is 1.18. The van der Waals surface area contributed by atoms with Crippen LogP contribution < -0.4 is 9.80 Å². The molecule has 0 radical (unpaired) electrons. The highest BCUT2D eigenvalue weighted by Crippen LogP contribution is 2.22. The number of thiazole rings is 1. The number of para-hydroxylation sites is 2. The molecule has 1 aliphatic rings. The van der Waals surface area contributed by atoms with E-state index in [1.165, 1.54) is 20.9 Å². The first-order chi connectivity index (χ1) is 13.6. The van der Waals surface area contributed by atoms with Gasteiger partial charge in [0.2, 0.25) is 0 Å². The zero-order valence-corrected chi connectivity index (χ0v) is 17.3. The number of anilines is 1. The van der Waals surface area contributed by atoms with E-state index in [-0.39, 0.29) is 5.91 Å². The van der Waals surface area contributed by atoms with Crippen molar-refractivity contribution < 1.29 is 9.69 Å². The maximum atomic E-state index is 12.7. The first-order valence-corrected chi connectivity index (χ1v) is 10.6. The zero-order valence-electron chi connectivity index (χ0n) is 16.5. The molecule has 1 aliphatic heterocycles. The van der Waals surface area contributed by atoms with Crippen molar-refractivity contribution in [2.75, 3.05) is 44.7 Å². The molecule has 4 rings (SSSR count). The van der Waals surface area contributed by atoms with E-state index < -0.39 is 0 Å². The molecule has 1 saturated heterocycles. The minimum atomic E-state index is 0.193. The monoisotopic (exact) mass is 395 g/mol. The Morgan fingerprint density at radius 3 is 2.61 bits per heavy atom. The van der Waals surface area contributed by atoms with Gasteiger partial charge < -0.3 is 14.7 Å². The maximum Gasteiger partial charge on any atom is 0.277 e. The van der Waals surface area contributed by atoms with Crippen molar-refractivity contribution in [1.82, 2.24) is 9.88 Å². The summed E-state index contributed by atoms with van der Waals surface area (Å²) in [4.78, 5) is 23.0. The molecule has 0 atom stereocenters. The number of nitrogens with zero attached hydrogens (tertiary/aromatic N) is 3. The average Bonchev–Trinajstić information content (AvgIpc) is 3.11. The average molecular weight is 396 g/mol. The number of benzene rings is 2. The molecule has 1 amide bonds. The van der Waals surface area contributed by atoms with Crippen molar-refractivity contribution in [1.29, 1.82) is 0 Å². The molecule has 3 aromatic rings. The SMILES string of the molecule is Cc1ccccc1N1CC[NH+](CC(=O)N(C)Cc2nc3ccccc3s2)CC1. The van der Waals surface area contributed by atoms with Gasteiger partial charge in [-0.25, -0.2) is 4.98 Å². The zero-order chi connectivity index (χ0) is 19.5. The van der Waals surface area contributed by atoms with E-state index in [1.807, 2.05) is 30.1 Å². The second-order valence-corrected chi connectivity index (χ2v) is 8.64. The van der Waals surface area contributed by atoms with Crippen LogP contribution in [0.15, 0.2) is 48.5 Å². The highest BCUT2D eigenvalue weighted by molar-refractivity contribution is 7.18. The number of rotatable bonds is 5. The van der Waals surface area contributed by atoms with Gasteiger partial charge in [0, 0.05) is 12.7 Å². The lowest BCUT2D eigenvalue weighted by Crippen LogP contribution is -3.15. The lowest BCUT2D eigenvalue weighted by molar-refractivity contribution is -0.892. The molecule has 6 heteroatoms. The van der Waals surface area contributed by atoms with Crippen LogP contribution in [0.4, 0.5) is 5.69 Å². The van der Waals surface area contributed by atoms with Crippen LogP contribution in [-0.2, 0) is 11.3 Å². The van der Waals surface area contributed by atoms with Gasteiger partial charge in [0.15, 0.2) is 6.54 Å². The highest BCUT2D eigenvalue weighted by atomic mass is 32.1. The number of aromatic nitrogens is 1. The predicted octanol–water partition coefficient (Wildman–Crippen LogP) is 1.97. The minimum absolute atomic E-state index is 0.193. The summed E-state index contributed by atoms with van der Waals surface area (Å²) in [6.45, 7) is 7.28. The number of piperazine rings is 1. The van der Waals surface area contributed by atoms with Crippen molar-refractivity contribution >= 4 is 33.1 Å². The number of amides is 1. The standard InChI is InChI=1S/C22H26N4OS/c1-17-7-3-5-9-19(17)26-13-11-25(12-14-26)16-22(27)24(2)15-21-23-18-8-4-6-10-20(18)28-21/h3-10H,11-16H2,1-2H3/p+1. The summed E-state index contributed by atoms with van der Waals surface area (Å²) >= 11 is 1.67. The molecule has 2 heterocycles. The molecule has 1 fully saturated rings. The van der Waals surface area contributed by atoms with Gasteiger partial charge >= 0.3 is 0 Å². The van der Waals surface area contributed by atoms with Crippen molar-refractivity contribution in [3.05, 3.63) is 59.1 Å². The van der Waals surface area contributed by atoms with Crippen LogP contribution in [0.1, 0.15) is 10.6 Å². The number of quaternary nitrogens is 1. The number of hydrogen-bond donors (Lipinski definition) is 1. The fraction of sp³-hybridized carbons (Fsp3) is 0.364. The maximum absolute atomic E-state index is 12.7. The van der Waals surface area contributed by atoms with Crippen molar-refractivity contribution in [3.8, 4) is 0 Å². The molecule has 146 valence electrons. The Balaban J connectivity index is 1.29. The third kappa shape index (κ3) is 4.18. The van der Waals surface area contributed by atoms with Crippen LogP contribution in [0.3, 0.4) is 0 Å². The molecular weight excluding hydrogens is 368 g/mol. The van der Waals surface area contributed by atoms with E-state index in [9.17, 15) is 4.79 Å². The quantitative estimate of drug-likeness (QED) is 0.718. The molecular formula is C22H27N4OS+. The number of nitrogens with one attached hydrogen (secondary N) is 1. The van der Waals surface area contributed by atoms with E-state index in [0.717, 1.165) is 36.7 Å². The van der Waals surface area contributed by atoms with Crippen molar-refractivity contribution in [2.24, 2.45) is 0 Å². The molecule has 0 unspecified atom stereocenters. The molecule has 1 aromatic heterocycles. The van der Waals surface area contributed by atoms with Gasteiger partial charge in [-0.1, -0.05) is 30.3 Å². The summed E-state index contributed by atoms with van der Waals surface area (Å²) in [6, 6.07) is 16.7. The Kier molecular flexibility index (Phi) is 5.59. The third-order valence-corrected chi connectivity index (χ3v) is 6.49. The molecule has 0 saturated carbocycles. The second-order valence-electron chi connectivity index (χ2n) is 7.53. The number of fused-ring (bicyclic) bond motifs is 1.